The number of pyridine rings is 1. The largest absolute Gasteiger partial charge is 0.495 e. The molecule has 0 atom stereocenters. The Labute approximate surface area is 120 Å². The summed E-state index contributed by atoms with van der Waals surface area (Å²) < 4.78 is 5.03. The average molecular weight is 297 g/mol. The van der Waals surface area contributed by atoms with Gasteiger partial charge in [-0.3, -0.25) is 9.78 Å². The van der Waals surface area contributed by atoms with E-state index in [0.717, 1.165) is 0 Å². The number of nitrogens with one attached hydrogen (secondary N) is 1. The van der Waals surface area contributed by atoms with Crippen LogP contribution in [-0.2, 0) is 0 Å². The van der Waals surface area contributed by atoms with Gasteiger partial charge in [0.05, 0.1) is 12.1 Å². The van der Waals surface area contributed by atoms with E-state index >= 15 is 0 Å². The number of amides is 1. The molecular weight excluding hydrogens is 287 g/mol. The number of benzene rings is 1. The summed E-state index contributed by atoms with van der Waals surface area (Å²) in [5.74, 6) is 0.185. The first-order valence-electron chi connectivity index (χ1n) is 5.36. The number of aromatic nitrogens is 1. The van der Waals surface area contributed by atoms with Crippen LogP contribution in [0.3, 0.4) is 0 Å². The first-order chi connectivity index (χ1) is 9.10. The number of methoxy groups -OCH3 is 1. The average Bonchev–Trinajstić information content (AvgIpc) is 2.39. The van der Waals surface area contributed by atoms with Crippen LogP contribution in [0.4, 0.5) is 5.69 Å². The second-order valence-electron chi connectivity index (χ2n) is 3.66. The molecule has 1 amide bonds. The second kappa shape index (κ2) is 5.91. The summed E-state index contributed by atoms with van der Waals surface area (Å²) in [6.45, 7) is 0. The quantitative estimate of drug-likeness (QED) is 0.940. The third-order valence-corrected chi connectivity index (χ3v) is 2.89. The van der Waals surface area contributed by atoms with Gasteiger partial charge < -0.3 is 10.1 Å². The molecule has 2 rings (SSSR count). The topological polar surface area (TPSA) is 51.2 Å². The predicted octanol–water partition coefficient (Wildman–Crippen LogP) is 3.65. The maximum Gasteiger partial charge on any atom is 0.274 e. The molecular formula is C13H10Cl2N2O2. The van der Waals surface area contributed by atoms with E-state index in [1.54, 1.807) is 24.3 Å². The Morgan fingerprint density at radius 3 is 2.68 bits per heavy atom. The lowest BCUT2D eigenvalue weighted by atomic mass is 10.2. The summed E-state index contributed by atoms with van der Waals surface area (Å²) in [5, 5.41) is 3.55. The van der Waals surface area contributed by atoms with E-state index in [0.29, 0.717) is 21.5 Å². The minimum Gasteiger partial charge on any atom is -0.495 e. The normalized spacial score (nSPS) is 10.1. The van der Waals surface area contributed by atoms with Gasteiger partial charge in [-0.25, -0.2) is 0 Å². The van der Waals surface area contributed by atoms with Crippen LogP contribution in [0.15, 0.2) is 36.5 Å². The molecule has 0 radical (unpaired) electrons. The van der Waals surface area contributed by atoms with Crippen LogP contribution < -0.4 is 10.1 Å². The van der Waals surface area contributed by atoms with Crippen LogP contribution >= 0.6 is 23.2 Å². The first-order valence-corrected chi connectivity index (χ1v) is 6.12. The number of rotatable bonds is 3. The highest BCUT2D eigenvalue weighted by Gasteiger charge is 2.09. The molecule has 0 aliphatic carbocycles. The number of hydrogen-bond donors (Lipinski definition) is 1. The number of carbonyl (C=O) groups excluding carboxylic acids is 1. The molecule has 1 aromatic heterocycles. The molecule has 1 aromatic carbocycles. The Morgan fingerprint density at radius 2 is 2.05 bits per heavy atom. The molecule has 98 valence electrons. The predicted molar refractivity (Wildman–Crippen MR) is 75.2 cm³/mol. The number of anilines is 1. The fourth-order valence-corrected chi connectivity index (χ4v) is 1.89. The Balaban J connectivity index is 2.17. The maximum absolute atomic E-state index is 11.9. The van der Waals surface area contributed by atoms with Gasteiger partial charge in [-0.1, -0.05) is 23.2 Å². The number of hydrogen-bond acceptors (Lipinski definition) is 3. The Kier molecular flexibility index (Phi) is 4.24. The molecule has 0 unspecified atom stereocenters. The number of carbonyl (C=O) groups is 1. The van der Waals surface area contributed by atoms with Gasteiger partial charge in [0, 0.05) is 16.9 Å². The minimum atomic E-state index is -0.358. The van der Waals surface area contributed by atoms with Gasteiger partial charge in [-0.15, -0.1) is 0 Å². The van der Waals surface area contributed by atoms with Crippen LogP contribution in [0.5, 0.6) is 5.75 Å². The highest BCUT2D eigenvalue weighted by Crippen LogP contribution is 2.27. The smallest absolute Gasteiger partial charge is 0.274 e. The van der Waals surface area contributed by atoms with Gasteiger partial charge in [0.25, 0.3) is 5.91 Å². The SMILES string of the molecule is COc1ccc(NC(=O)c2cc(Cl)ccn2)cc1Cl. The highest BCUT2D eigenvalue weighted by molar-refractivity contribution is 6.32. The molecule has 1 N–H and O–H groups in total. The van der Waals surface area contributed by atoms with Gasteiger partial charge in [0.15, 0.2) is 0 Å². The number of ether oxygens (including phenoxy) is 1. The Bertz CT molecular complexity index is 617. The van der Waals surface area contributed by atoms with E-state index in [1.165, 1.54) is 19.4 Å². The van der Waals surface area contributed by atoms with Crippen LogP contribution in [0.1, 0.15) is 10.5 Å². The molecule has 6 heteroatoms. The van der Waals surface area contributed by atoms with E-state index in [9.17, 15) is 4.79 Å². The summed E-state index contributed by atoms with van der Waals surface area (Å²) in [7, 11) is 1.52. The van der Waals surface area contributed by atoms with E-state index in [-0.39, 0.29) is 11.6 Å². The summed E-state index contributed by atoms with van der Waals surface area (Å²) in [4.78, 5) is 15.9. The second-order valence-corrected chi connectivity index (χ2v) is 4.51. The highest BCUT2D eigenvalue weighted by atomic mass is 35.5. The minimum absolute atomic E-state index is 0.236. The van der Waals surface area contributed by atoms with Crippen molar-refractivity contribution >= 4 is 34.8 Å². The zero-order valence-corrected chi connectivity index (χ0v) is 11.5. The molecule has 0 fully saturated rings. The number of halogens is 2. The molecule has 0 saturated heterocycles. The zero-order chi connectivity index (χ0) is 13.8. The van der Waals surface area contributed by atoms with Crippen molar-refractivity contribution in [3.05, 3.63) is 52.3 Å². The van der Waals surface area contributed by atoms with Crippen molar-refractivity contribution in [1.82, 2.24) is 4.98 Å². The summed E-state index contributed by atoms with van der Waals surface area (Å²) in [6, 6.07) is 8.05. The van der Waals surface area contributed by atoms with Gasteiger partial charge in [-0.05, 0) is 30.3 Å². The Morgan fingerprint density at radius 1 is 1.26 bits per heavy atom. The molecule has 2 aromatic rings. The lowest BCUT2D eigenvalue weighted by Gasteiger charge is -2.07. The molecule has 0 saturated carbocycles. The molecule has 19 heavy (non-hydrogen) atoms. The fraction of sp³-hybridized carbons (Fsp3) is 0.0769. The molecule has 4 nitrogen and oxygen atoms in total. The van der Waals surface area contributed by atoms with Crippen molar-refractivity contribution in [2.75, 3.05) is 12.4 Å². The van der Waals surface area contributed by atoms with Crippen LogP contribution in [-0.4, -0.2) is 18.0 Å². The van der Waals surface area contributed by atoms with Crippen molar-refractivity contribution in [2.45, 2.75) is 0 Å². The van der Waals surface area contributed by atoms with Crippen molar-refractivity contribution in [3.8, 4) is 5.75 Å². The molecule has 1 heterocycles. The monoisotopic (exact) mass is 296 g/mol. The fourth-order valence-electron chi connectivity index (χ4n) is 1.47. The molecule has 0 aliphatic heterocycles. The van der Waals surface area contributed by atoms with Gasteiger partial charge in [0.1, 0.15) is 11.4 Å². The van der Waals surface area contributed by atoms with E-state index in [4.69, 9.17) is 27.9 Å². The van der Waals surface area contributed by atoms with Crippen LogP contribution in [0, 0.1) is 0 Å². The summed E-state index contributed by atoms with van der Waals surface area (Å²) >= 11 is 11.8. The van der Waals surface area contributed by atoms with Gasteiger partial charge in [0.2, 0.25) is 0 Å². The van der Waals surface area contributed by atoms with Crippen molar-refractivity contribution in [2.24, 2.45) is 0 Å². The molecule has 0 spiro atoms. The third kappa shape index (κ3) is 3.36. The van der Waals surface area contributed by atoms with Gasteiger partial charge >= 0.3 is 0 Å². The molecule has 0 bridgehead atoms. The van der Waals surface area contributed by atoms with Gasteiger partial charge in [-0.2, -0.15) is 0 Å². The van der Waals surface area contributed by atoms with Crippen molar-refractivity contribution < 1.29 is 9.53 Å². The third-order valence-electron chi connectivity index (χ3n) is 2.36. The van der Waals surface area contributed by atoms with E-state index < -0.39 is 0 Å². The summed E-state index contributed by atoms with van der Waals surface area (Å²) in [6.07, 6.45) is 1.47. The number of nitrogens with zero attached hydrogens (tertiary/aromatic N) is 1. The lowest BCUT2D eigenvalue weighted by Crippen LogP contribution is -2.13. The van der Waals surface area contributed by atoms with Crippen molar-refractivity contribution in [1.29, 1.82) is 0 Å². The maximum atomic E-state index is 11.9. The molecule has 0 aliphatic rings. The van der Waals surface area contributed by atoms with Crippen LogP contribution in [0.2, 0.25) is 10.0 Å². The standard InChI is InChI=1S/C13H10Cl2N2O2/c1-19-12-3-2-9(7-10(12)15)17-13(18)11-6-8(14)4-5-16-11/h2-7H,1H3,(H,17,18). The lowest BCUT2D eigenvalue weighted by molar-refractivity contribution is 0.102. The zero-order valence-electron chi connectivity index (χ0n) is 9.98. The summed E-state index contributed by atoms with van der Waals surface area (Å²) in [5.41, 5.74) is 0.789. The van der Waals surface area contributed by atoms with Crippen molar-refractivity contribution in [3.63, 3.8) is 0 Å². The van der Waals surface area contributed by atoms with E-state index in [2.05, 4.69) is 10.3 Å². The first kappa shape index (κ1) is 13.6. The Hall–Kier alpha value is -1.78. The van der Waals surface area contributed by atoms with E-state index in [1.807, 2.05) is 0 Å². The van der Waals surface area contributed by atoms with Crippen LogP contribution in [0.25, 0.3) is 0 Å².